The lowest BCUT2D eigenvalue weighted by Gasteiger charge is -2.20. The molecule has 0 aliphatic heterocycles. The first kappa shape index (κ1) is 22.3. The van der Waals surface area contributed by atoms with E-state index in [2.05, 4.69) is 0 Å². The van der Waals surface area contributed by atoms with Crippen LogP contribution in [-0.4, -0.2) is 38.5 Å². The standard InChI is InChI=1S/C21H20F3NO6/c1-29-16-8-10-4-6-13(25-20(28)21(22,23)24)12-9-15(27)14(26)7-5-11(12)17(10)19(31-3)18(16)30-2/h5,7-9,13H,4,6H2,1-3H3,(H,25,28)(H,26,27)/t13-/m1/s1. The summed E-state index contributed by atoms with van der Waals surface area (Å²) in [6.07, 6.45) is -4.79. The van der Waals surface area contributed by atoms with Crippen LogP contribution in [0.1, 0.15) is 23.6 Å². The van der Waals surface area contributed by atoms with Gasteiger partial charge in [0.05, 0.1) is 27.4 Å². The molecule has 0 heterocycles. The number of alkyl halides is 3. The molecule has 166 valence electrons. The van der Waals surface area contributed by atoms with Crippen LogP contribution in [0.4, 0.5) is 13.2 Å². The Hall–Kier alpha value is -3.43. The molecular formula is C21H20F3NO6. The van der Waals surface area contributed by atoms with Crippen LogP contribution in [0.3, 0.4) is 0 Å². The van der Waals surface area contributed by atoms with E-state index >= 15 is 0 Å². The predicted molar refractivity (Wildman–Crippen MR) is 105 cm³/mol. The van der Waals surface area contributed by atoms with Crippen LogP contribution < -0.4 is 25.0 Å². The maximum atomic E-state index is 12.9. The number of fused-ring (bicyclic) bond motifs is 3. The lowest BCUT2D eigenvalue weighted by atomic mass is 9.95. The van der Waals surface area contributed by atoms with E-state index in [1.165, 1.54) is 27.4 Å². The number of benzene rings is 1. The fourth-order valence-electron chi connectivity index (χ4n) is 3.69. The highest BCUT2D eigenvalue weighted by molar-refractivity contribution is 5.85. The molecule has 1 atom stereocenters. The summed E-state index contributed by atoms with van der Waals surface area (Å²) in [5.41, 5.74) is 0.754. The topological polar surface area (TPSA) is 94.1 Å². The number of hydrogen-bond donors (Lipinski definition) is 2. The van der Waals surface area contributed by atoms with Crippen molar-refractivity contribution >= 4 is 5.91 Å². The average Bonchev–Trinajstić information content (AvgIpc) is 2.95. The number of aromatic hydroxyl groups is 1. The third kappa shape index (κ3) is 4.10. The van der Waals surface area contributed by atoms with E-state index in [1.54, 1.807) is 6.07 Å². The van der Waals surface area contributed by atoms with Crippen molar-refractivity contribution < 1.29 is 37.3 Å². The van der Waals surface area contributed by atoms with Gasteiger partial charge in [0, 0.05) is 5.56 Å². The highest BCUT2D eigenvalue weighted by Crippen LogP contribution is 2.50. The van der Waals surface area contributed by atoms with E-state index in [0.717, 1.165) is 12.1 Å². The van der Waals surface area contributed by atoms with E-state index in [0.29, 0.717) is 22.4 Å². The minimum absolute atomic E-state index is 0.0602. The van der Waals surface area contributed by atoms with E-state index in [-0.39, 0.29) is 29.9 Å². The maximum Gasteiger partial charge on any atom is 0.471 e. The second kappa shape index (κ2) is 8.37. The molecule has 0 spiro atoms. The molecule has 10 heteroatoms. The van der Waals surface area contributed by atoms with Gasteiger partial charge in [-0.3, -0.25) is 9.59 Å². The molecule has 0 fully saturated rings. The zero-order chi connectivity index (χ0) is 22.9. The number of amides is 1. The van der Waals surface area contributed by atoms with Gasteiger partial charge in [0.1, 0.15) is 0 Å². The van der Waals surface area contributed by atoms with Gasteiger partial charge in [-0.25, -0.2) is 0 Å². The average molecular weight is 439 g/mol. The van der Waals surface area contributed by atoms with Crippen molar-refractivity contribution in [3.05, 3.63) is 45.6 Å². The lowest BCUT2D eigenvalue weighted by Crippen LogP contribution is -2.39. The Morgan fingerprint density at radius 1 is 1.10 bits per heavy atom. The Morgan fingerprint density at radius 2 is 1.77 bits per heavy atom. The Balaban J connectivity index is 2.34. The fourth-order valence-corrected chi connectivity index (χ4v) is 3.69. The summed E-state index contributed by atoms with van der Waals surface area (Å²) in [6.45, 7) is 0. The minimum atomic E-state index is -5.09. The molecule has 0 aromatic heterocycles. The van der Waals surface area contributed by atoms with Crippen LogP contribution in [0, 0.1) is 0 Å². The molecule has 1 aliphatic carbocycles. The van der Waals surface area contributed by atoms with Gasteiger partial charge in [0.2, 0.25) is 11.2 Å². The van der Waals surface area contributed by atoms with Crippen LogP contribution in [0.2, 0.25) is 0 Å². The van der Waals surface area contributed by atoms with Crippen LogP contribution in [-0.2, 0) is 11.2 Å². The summed E-state index contributed by atoms with van der Waals surface area (Å²) in [5.74, 6) is -1.86. The summed E-state index contributed by atoms with van der Waals surface area (Å²) in [7, 11) is 4.23. The van der Waals surface area contributed by atoms with Crippen LogP contribution in [0.5, 0.6) is 23.0 Å². The second-order valence-corrected chi connectivity index (χ2v) is 6.84. The molecule has 2 aromatic rings. The lowest BCUT2D eigenvalue weighted by molar-refractivity contribution is -0.174. The largest absolute Gasteiger partial charge is 0.504 e. The zero-order valence-corrected chi connectivity index (χ0v) is 16.9. The fraction of sp³-hybridized carbons (Fsp3) is 0.333. The summed E-state index contributed by atoms with van der Waals surface area (Å²) in [6, 6.07) is 4.10. The van der Waals surface area contributed by atoms with E-state index < -0.39 is 29.3 Å². The number of ether oxygens (including phenoxy) is 3. The first-order chi connectivity index (χ1) is 14.6. The number of methoxy groups -OCH3 is 3. The summed E-state index contributed by atoms with van der Waals surface area (Å²) < 4.78 is 55.0. The first-order valence-corrected chi connectivity index (χ1v) is 9.19. The molecule has 0 bridgehead atoms. The van der Waals surface area contributed by atoms with Crippen LogP contribution >= 0.6 is 0 Å². The molecule has 1 aliphatic rings. The molecule has 0 saturated heterocycles. The molecule has 0 unspecified atom stereocenters. The molecule has 31 heavy (non-hydrogen) atoms. The predicted octanol–water partition coefficient (Wildman–Crippen LogP) is 3.11. The first-order valence-electron chi connectivity index (χ1n) is 9.19. The van der Waals surface area contributed by atoms with Crippen LogP contribution in [0.25, 0.3) is 11.1 Å². The maximum absolute atomic E-state index is 12.9. The molecule has 2 N–H and O–H groups in total. The molecule has 7 nitrogen and oxygen atoms in total. The van der Waals surface area contributed by atoms with Gasteiger partial charge in [-0.1, -0.05) is 6.07 Å². The van der Waals surface area contributed by atoms with Gasteiger partial charge >= 0.3 is 12.1 Å². The molecule has 2 aromatic carbocycles. The zero-order valence-electron chi connectivity index (χ0n) is 16.9. The number of hydrogen-bond acceptors (Lipinski definition) is 6. The molecule has 0 saturated carbocycles. The van der Waals surface area contributed by atoms with Crippen molar-refractivity contribution in [2.45, 2.75) is 25.1 Å². The SMILES string of the molecule is COc1cc2c(c(OC)c1OC)-c1ccc(O)c(=O)cc1[C@H](NC(=O)C(F)(F)F)CC2. The summed E-state index contributed by atoms with van der Waals surface area (Å²) in [5, 5.41) is 11.9. The number of aryl methyl sites for hydroxylation is 1. The Kier molecular flexibility index (Phi) is 6.01. The molecular weight excluding hydrogens is 419 g/mol. The Labute approximate surface area is 175 Å². The molecule has 0 radical (unpaired) electrons. The summed E-state index contributed by atoms with van der Waals surface area (Å²) in [4.78, 5) is 23.9. The number of halogens is 3. The van der Waals surface area contributed by atoms with Gasteiger partial charge in [-0.2, -0.15) is 13.2 Å². The highest BCUT2D eigenvalue weighted by Gasteiger charge is 2.41. The van der Waals surface area contributed by atoms with Gasteiger partial charge in [0.15, 0.2) is 17.2 Å². The van der Waals surface area contributed by atoms with Gasteiger partial charge in [0.25, 0.3) is 0 Å². The van der Waals surface area contributed by atoms with Crippen molar-refractivity contribution in [2.24, 2.45) is 0 Å². The van der Waals surface area contributed by atoms with Crippen molar-refractivity contribution in [3.63, 3.8) is 0 Å². The quantitative estimate of drug-likeness (QED) is 0.761. The van der Waals surface area contributed by atoms with Gasteiger partial charge in [-0.15, -0.1) is 0 Å². The number of carbonyl (C=O) groups is 1. The van der Waals surface area contributed by atoms with Crippen molar-refractivity contribution in [2.75, 3.05) is 21.3 Å². The smallest absolute Gasteiger partial charge is 0.471 e. The number of nitrogens with one attached hydrogen (secondary N) is 1. The monoisotopic (exact) mass is 439 g/mol. The summed E-state index contributed by atoms with van der Waals surface area (Å²) >= 11 is 0. The number of rotatable bonds is 4. The van der Waals surface area contributed by atoms with E-state index in [1.807, 2.05) is 5.32 Å². The third-order valence-corrected chi connectivity index (χ3v) is 5.08. The molecule has 3 rings (SSSR count). The van der Waals surface area contributed by atoms with Gasteiger partial charge < -0.3 is 24.6 Å². The van der Waals surface area contributed by atoms with Crippen molar-refractivity contribution in [1.82, 2.24) is 5.32 Å². The Bertz CT molecular complexity index is 1080. The molecule has 1 amide bonds. The Morgan fingerprint density at radius 3 is 2.35 bits per heavy atom. The normalized spacial score (nSPS) is 15.2. The van der Waals surface area contributed by atoms with Crippen molar-refractivity contribution in [3.8, 4) is 34.1 Å². The second-order valence-electron chi connectivity index (χ2n) is 6.84. The van der Waals surface area contributed by atoms with E-state index in [9.17, 15) is 27.9 Å². The minimum Gasteiger partial charge on any atom is -0.504 e. The van der Waals surface area contributed by atoms with Crippen LogP contribution in [0.15, 0.2) is 29.1 Å². The van der Waals surface area contributed by atoms with Crippen molar-refractivity contribution in [1.29, 1.82) is 0 Å². The number of carbonyl (C=O) groups excluding carboxylic acids is 1. The third-order valence-electron chi connectivity index (χ3n) is 5.08. The highest BCUT2D eigenvalue weighted by atomic mass is 19.4. The van der Waals surface area contributed by atoms with E-state index in [4.69, 9.17) is 14.2 Å². The van der Waals surface area contributed by atoms with Gasteiger partial charge in [-0.05, 0) is 47.7 Å².